The molecule has 0 bridgehead atoms. The molecule has 1 amide bonds. The summed E-state index contributed by atoms with van der Waals surface area (Å²) in [5, 5.41) is 2.89. The summed E-state index contributed by atoms with van der Waals surface area (Å²) < 4.78 is 13.0. The largest absolute Gasteiger partial charge is 0.350 e. The van der Waals surface area contributed by atoms with E-state index in [0.29, 0.717) is 18.2 Å². The van der Waals surface area contributed by atoms with Crippen LogP contribution in [-0.4, -0.2) is 36.5 Å². The minimum absolute atomic E-state index is 0.197. The molecule has 0 aliphatic carbocycles. The molecule has 0 spiro atoms. The van der Waals surface area contributed by atoms with Crippen molar-refractivity contribution in [1.29, 1.82) is 0 Å². The van der Waals surface area contributed by atoms with E-state index >= 15 is 0 Å². The van der Waals surface area contributed by atoms with Crippen LogP contribution in [0, 0.1) is 5.82 Å². The fourth-order valence-corrected chi connectivity index (χ4v) is 2.48. The summed E-state index contributed by atoms with van der Waals surface area (Å²) in [5.74, 6) is -0.573. The zero-order chi connectivity index (χ0) is 13.0. The van der Waals surface area contributed by atoms with Gasteiger partial charge in [0.15, 0.2) is 0 Å². The molecule has 4 heteroatoms. The van der Waals surface area contributed by atoms with Gasteiger partial charge in [0, 0.05) is 18.2 Å². The third-order valence-corrected chi connectivity index (χ3v) is 3.49. The van der Waals surface area contributed by atoms with Crippen LogP contribution in [0.4, 0.5) is 4.39 Å². The molecular weight excluding hydrogens is 231 g/mol. The molecule has 2 rings (SSSR count). The quantitative estimate of drug-likeness (QED) is 0.887. The monoisotopic (exact) mass is 250 g/mol. The zero-order valence-electron chi connectivity index (χ0n) is 10.7. The Kier molecular flexibility index (Phi) is 4.31. The van der Waals surface area contributed by atoms with E-state index in [0.717, 1.165) is 19.5 Å². The fourth-order valence-electron chi connectivity index (χ4n) is 2.48. The first-order valence-electron chi connectivity index (χ1n) is 6.48. The number of carbonyl (C=O) groups is 1. The summed E-state index contributed by atoms with van der Waals surface area (Å²) in [6.45, 7) is 4.90. The number of likely N-dealkylation sites (tertiary alicyclic amines) is 1. The summed E-state index contributed by atoms with van der Waals surface area (Å²) in [6, 6.07) is 6.21. The van der Waals surface area contributed by atoms with E-state index in [2.05, 4.69) is 17.1 Å². The lowest BCUT2D eigenvalue weighted by Crippen LogP contribution is -2.40. The molecule has 1 atom stereocenters. The van der Waals surface area contributed by atoms with Crippen LogP contribution in [0.1, 0.15) is 30.1 Å². The van der Waals surface area contributed by atoms with E-state index in [1.54, 1.807) is 12.1 Å². The normalized spacial score (nSPS) is 20.0. The lowest BCUT2D eigenvalue weighted by atomic mass is 10.2. The minimum Gasteiger partial charge on any atom is -0.350 e. The summed E-state index contributed by atoms with van der Waals surface area (Å²) in [6.07, 6.45) is 2.31. The number of hydrogen-bond acceptors (Lipinski definition) is 2. The molecule has 1 aromatic rings. The van der Waals surface area contributed by atoms with Gasteiger partial charge in [0.2, 0.25) is 0 Å². The van der Waals surface area contributed by atoms with Crippen molar-refractivity contribution < 1.29 is 9.18 Å². The molecule has 1 aromatic carbocycles. The van der Waals surface area contributed by atoms with Crippen molar-refractivity contribution in [3.8, 4) is 0 Å². The Labute approximate surface area is 107 Å². The lowest BCUT2D eigenvalue weighted by molar-refractivity contribution is 0.0941. The number of nitrogens with zero attached hydrogens (tertiary/aromatic N) is 1. The maximum atomic E-state index is 13.0. The van der Waals surface area contributed by atoms with Crippen LogP contribution in [0.5, 0.6) is 0 Å². The Morgan fingerprint density at radius 3 is 3.11 bits per heavy atom. The first kappa shape index (κ1) is 13.0. The second-order valence-corrected chi connectivity index (χ2v) is 4.65. The van der Waals surface area contributed by atoms with Gasteiger partial charge in [-0.05, 0) is 44.1 Å². The molecule has 18 heavy (non-hydrogen) atoms. The van der Waals surface area contributed by atoms with E-state index in [9.17, 15) is 9.18 Å². The third-order valence-electron chi connectivity index (χ3n) is 3.49. The van der Waals surface area contributed by atoms with Gasteiger partial charge in [-0.3, -0.25) is 9.69 Å². The summed E-state index contributed by atoms with van der Waals surface area (Å²) in [5.41, 5.74) is 0.385. The Bertz CT molecular complexity index is 422. The summed E-state index contributed by atoms with van der Waals surface area (Å²) in [7, 11) is 0. The highest BCUT2D eigenvalue weighted by Crippen LogP contribution is 2.15. The van der Waals surface area contributed by atoms with Crippen molar-refractivity contribution in [3.05, 3.63) is 35.6 Å². The topological polar surface area (TPSA) is 32.3 Å². The maximum Gasteiger partial charge on any atom is 0.251 e. The highest BCUT2D eigenvalue weighted by molar-refractivity contribution is 5.94. The van der Waals surface area contributed by atoms with Gasteiger partial charge >= 0.3 is 0 Å². The molecule has 0 saturated carbocycles. The van der Waals surface area contributed by atoms with Gasteiger partial charge in [-0.2, -0.15) is 0 Å². The lowest BCUT2D eigenvalue weighted by Gasteiger charge is -2.22. The van der Waals surface area contributed by atoms with Gasteiger partial charge in [0.1, 0.15) is 5.82 Å². The highest BCUT2D eigenvalue weighted by atomic mass is 19.1. The summed E-state index contributed by atoms with van der Waals surface area (Å²) >= 11 is 0. The Hall–Kier alpha value is -1.42. The van der Waals surface area contributed by atoms with Gasteiger partial charge in [0.25, 0.3) is 5.91 Å². The van der Waals surface area contributed by atoms with E-state index in [4.69, 9.17) is 0 Å². The van der Waals surface area contributed by atoms with E-state index in [1.807, 2.05) is 0 Å². The smallest absolute Gasteiger partial charge is 0.251 e. The average molecular weight is 250 g/mol. The molecule has 1 heterocycles. The molecule has 0 radical (unpaired) electrons. The second kappa shape index (κ2) is 5.96. The SMILES string of the molecule is CCN1CCCC1CNC(=O)c1cccc(F)c1. The molecule has 1 aliphatic rings. The number of carbonyl (C=O) groups excluding carboxylic acids is 1. The third kappa shape index (κ3) is 3.07. The molecule has 98 valence electrons. The first-order valence-corrected chi connectivity index (χ1v) is 6.48. The standard InChI is InChI=1S/C14H19FN2O/c1-2-17-8-4-7-13(17)10-16-14(18)11-5-3-6-12(15)9-11/h3,5-6,9,13H,2,4,7-8,10H2,1H3,(H,16,18). The van der Waals surface area contributed by atoms with E-state index in [-0.39, 0.29) is 11.7 Å². The number of hydrogen-bond donors (Lipinski definition) is 1. The summed E-state index contributed by atoms with van der Waals surface area (Å²) in [4.78, 5) is 14.2. The van der Waals surface area contributed by atoms with Crippen LogP contribution < -0.4 is 5.32 Å². The molecule has 1 fully saturated rings. The van der Waals surface area contributed by atoms with Crippen molar-refractivity contribution >= 4 is 5.91 Å². The molecule has 3 nitrogen and oxygen atoms in total. The Morgan fingerprint density at radius 2 is 2.39 bits per heavy atom. The molecule has 1 N–H and O–H groups in total. The number of benzene rings is 1. The number of halogens is 1. The Balaban J connectivity index is 1.88. The van der Waals surface area contributed by atoms with Crippen molar-refractivity contribution in [2.75, 3.05) is 19.6 Å². The van der Waals surface area contributed by atoms with E-state index < -0.39 is 0 Å². The van der Waals surface area contributed by atoms with Crippen LogP contribution >= 0.6 is 0 Å². The van der Waals surface area contributed by atoms with Crippen molar-refractivity contribution in [2.24, 2.45) is 0 Å². The number of likely N-dealkylation sites (N-methyl/N-ethyl adjacent to an activating group) is 1. The first-order chi connectivity index (χ1) is 8.70. The fraction of sp³-hybridized carbons (Fsp3) is 0.500. The van der Waals surface area contributed by atoms with Crippen LogP contribution in [0.3, 0.4) is 0 Å². The number of nitrogens with one attached hydrogen (secondary N) is 1. The Morgan fingerprint density at radius 1 is 1.56 bits per heavy atom. The van der Waals surface area contributed by atoms with Crippen LogP contribution in [0.25, 0.3) is 0 Å². The van der Waals surface area contributed by atoms with Gasteiger partial charge in [0.05, 0.1) is 0 Å². The predicted octanol–water partition coefficient (Wildman–Crippen LogP) is 2.04. The van der Waals surface area contributed by atoms with Gasteiger partial charge in [-0.1, -0.05) is 13.0 Å². The molecule has 1 saturated heterocycles. The number of rotatable bonds is 4. The molecule has 1 unspecified atom stereocenters. The highest BCUT2D eigenvalue weighted by Gasteiger charge is 2.23. The predicted molar refractivity (Wildman–Crippen MR) is 69.0 cm³/mol. The average Bonchev–Trinajstić information content (AvgIpc) is 2.83. The molecule has 0 aromatic heterocycles. The second-order valence-electron chi connectivity index (χ2n) is 4.65. The minimum atomic E-state index is -0.376. The van der Waals surface area contributed by atoms with Gasteiger partial charge in [-0.15, -0.1) is 0 Å². The van der Waals surface area contributed by atoms with Crippen molar-refractivity contribution in [2.45, 2.75) is 25.8 Å². The zero-order valence-corrected chi connectivity index (χ0v) is 10.7. The van der Waals surface area contributed by atoms with Crippen LogP contribution in [-0.2, 0) is 0 Å². The van der Waals surface area contributed by atoms with Crippen molar-refractivity contribution in [3.63, 3.8) is 0 Å². The van der Waals surface area contributed by atoms with Crippen molar-refractivity contribution in [1.82, 2.24) is 10.2 Å². The number of amides is 1. The molecule has 1 aliphatic heterocycles. The van der Waals surface area contributed by atoms with Gasteiger partial charge in [-0.25, -0.2) is 4.39 Å². The van der Waals surface area contributed by atoms with Crippen LogP contribution in [0.2, 0.25) is 0 Å². The van der Waals surface area contributed by atoms with Crippen LogP contribution in [0.15, 0.2) is 24.3 Å². The van der Waals surface area contributed by atoms with E-state index in [1.165, 1.54) is 18.6 Å². The molecular formula is C14H19FN2O. The maximum absolute atomic E-state index is 13.0. The van der Waals surface area contributed by atoms with Gasteiger partial charge < -0.3 is 5.32 Å².